The maximum atomic E-state index is 12.7. The Hall–Kier alpha value is -1.47. The number of fused-ring (bicyclic) bond motifs is 1. The lowest BCUT2D eigenvalue weighted by atomic mass is 10.0. The molecule has 0 saturated carbocycles. The number of carbonyl (C=O) groups excluding carboxylic acids is 1. The Balaban J connectivity index is 1.86. The van der Waals surface area contributed by atoms with Crippen molar-refractivity contribution in [3.05, 3.63) is 30.1 Å². The molecule has 2 atom stereocenters. The maximum Gasteiger partial charge on any atom is 0.254 e. The molecule has 0 spiro atoms. The van der Waals surface area contributed by atoms with Gasteiger partial charge in [-0.05, 0) is 25.1 Å². The lowest BCUT2D eigenvalue weighted by molar-refractivity contribution is 0.0333. The molecule has 0 radical (unpaired) electrons. The fourth-order valence-corrected chi connectivity index (χ4v) is 5.51. The van der Waals surface area contributed by atoms with E-state index in [-0.39, 0.29) is 29.5 Å². The van der Waals surface area contributed by atoms with Crippen molar-refractivity contribution in [3.63, 3.8) is 0 Å². The van der Waals surface area contributed by atoms with Crippen LogP contribution in [0.5, 0.6) is 0 Å². The van der Waals surface area contributed by atoms with Gasteiger partial charge >= 0.3 is 0 Å². The Morgan fingerprint density at radius 3 is 2.59 bits per heavy atom. The lowest BCUT2D eigenvalue weighted by Crippen LogP contribution is -2.60. The van der Waals surface area contributed by atoms with Gasteiger partial charge in [0.15, 0.2) is 9.84 Å². The molecular formula is C15H21N3O3S. The molecule has 2 aliphatic rings. The predicted octanol–water partition coefficient (Wildman–Crippen LogP) is 0.415. The van der Waals surface area contributed by atoms with Crippen LogP contribution < -0.4 is 0 Å². The summed E-state index contributed by atoms with van der Waals surface area (Å²) in [7, 11) is -3.08. The Labute approximate surface area is 131 Å². The van der Waals surface area contributed by atoms with E-state index in [0.717, 1.165) is 19.5 Å². The van der Waals surface area contributed by atoms with Gasteiger partial charge < -0.3 is 4.90 Å². The highest BCUT2D eigenvalue weighted by molar-refractivity contribution is 7.91. The smallest absolute Gasteiger partial charge is 0.254 e. The Kier molecular flexibility index (Phi) is 4.18. The number of carbonyl (C=O) groups is 1. The number of hydrogen-bond donors (Lipinski definition) is 0. The van der Waals surface area contributed by atoms with Crippen LogP contribution in [0, 0.1) is 0 Å². The minimum Gasteiger partial charge on any atom is -0.332 e. The molecule has 6 nitrogen and oxygen atoms in total. The predicted molar refractivity (Wildman–Crippen MR) is 83.4 cm³/mol. The highest BCUT2D eigenvalue weighted by Gasteiger charge is 2.47. The third-order valence-electron chi connectivity index (χ3n) is 4.49. The molecule has 3 rings (SSSR count). The zero-order chi connectivity index (χ0) is 15.7. The molecule has 7 heteroatoms. The van der Waals surface area contributed by atoms with Crippen LogP contribution in [0.4, 0.5) is 0 Å². The Bertz CT molecular complexity index is 647. The summed E-state index contributed by atoms with van der Waals surface area (Å²) < 4.78 is 24.2. The zero-order valence-corrected chi connectivity index (χ0v) is 13.5. The van der Waals surface area contributed by atoms with E-state index in [1.807, 2.05) is 0 Å². The number of pyridine rings is 1. The van der Waals surface area contributed by atoms with E-state index in [0.29, 0.717) is 12.1 Å². The number of hydrogen-bond acceptors (Lipinski definition) is 5. The van der Waals surface area contributed by atoms with Gasteiger partial charge in [-0.25, -0.2) is 8.42 Å². The lowest BCUT2D eigenvalue weighted by Gasteiger charge is -2.43. The van der Waals surface area contributed by atoms with Gasteiger partial charge in [0, 0.05) is 37.1 Å². The number of aromatic nitrogens is 1. The second-order valence-corrected chi connectivity index (χ2v) is 8.14. The summed E-state index contributed by atoms with van der Waals surface area (Å²) in [5, 5.41) is 0. The SMILES string of the molecule is CCCN1CCN(C(=O)c2ccncc2)[C@@H]2CS(=O)(=O)C[C@@H]21. The van der Waals surface area contributed by atoms with E-state index in [1.165, 1.54) is 0 Å². The number of rotatable bonds is 3. The summed E-state index contributed by atoms with van der Waals surface area (Å²) >= 11 is 0. The molecule has 0 aliphatic carbocycles. The van der Waals surface area contributed by atoms with Gasteiger partial charge in [-0.1, -0.05) is 6.92 Å². The third kappa shape index (κ3) is 2.87. The van der Waals surface area contributed by atoms with Crippen LogP contribution in [-0.4, -0.2) is 72.3 Å². The molecule has 0 aromatic carbocycles. The standard InChI is InChI=1S/C15H21N3O3S/c1-2-7-17-8-9-18(14-11-22(20,21)10-13(14)17)15(19)12-3-5-16-6-4-12/h3-6,13-14H,2,7-11H2,1H3/t13-,14+/m0/s1. The average molecular weight is 323 g/mol. The molecule has 1 amide bonds. The van der Waals surface area contributed by atoms with Crippen molar-refractivity contribution in [1.82, 2.24) is 14.8 Å². The van der Waals surface area contributed by atoms with Gasteiger partial charge in [0.25, 0.3) is 5.91 Å². The molecule has 2 aliphatic heterocycles. The van der Waals surface area contributed by atoms with Crippen LogP contribution in [0.25, 0.3) is 0 Å². The van der Waals surface area contributed by atoms with Gasteiger partial charge in [0.1, 0.15) is 0 Å². The van der Waals surface area contributed by atoms with Crippen LogP contribution in [0.2, 0.25) is 0 Å². The van der Waals surface area contributed by atoms with E-state index in [9.17, 15) is 13.2 Å². The van der Waals surface area contributed by atoms with E-state index in [4.69, 9.17) is 0 Å². The van der Waals surface area contributed by atoms with E-state index >= 15 is 0 Å². The molecular weight excluding hydrogens is 302 g/mol. The molecule has 3 heterocycles. The number of piperazine rings is 1. The molecule has 2 fully saturated rings. The molecule has 0 unspecified atom stereocenters. The summed E-state index contributed by atoms with van der Waals surface area (Å²) in [6, 6.07) is 3.06. The normalized spacial score (nSPS) is 27.6. The second kappa shape index (κ2) is 5.96. The average Bonchev–Trinajstić information content (AvgIpc) is 2.83. The topological polar surface area (TPSA) is 70.6 Å². The summed E-state index contributed by atoms with van der Waals surface area (Å²) in [5.74, 6) is 0.151. The molecule has 1 aromatic rings. The first-order valence-corrected chi connectivity index (χ1v) is 9.49. The first-order valence-electron chi connectivity index (χ1n) is 7.67. The van der Waals surface area contributed by atoms with Crippen molar-refractivity contribution in [3.8, 4) is 0 Å². The van der Waals surface area contributed by atoms with E-state index in [2.05, 4.69) is 16.8 Å². The summed E-state index contributed by atoms with van der Waals surface area (Å²) in [5.41, 5.74) is 0.571. The van der Waals surface area contributed by atoms with Crippen LogP contribution in [0.3, 0.4) is 0 Å². The Morgan fingerprint density at radius 2 is 1.91 bits per heavy atom. The quantitative estimate of drug-likeness (QED) is 0.806. The van der Waals surface area contributed by atoms with Gasteiger partial charge in [-0.15, -0.1) is 0 Å². The fourth-order valence-electron chi connectivity index (χ4n) is 3.50. The number of sulfone groups is 1. The largest absolute Gasteiger partial charge is 0.332 e. The van der Waals surface area contributed by atoms with Crippen molar-refractivity contribution in [2.75, 3.05) is 31.1 Å². The summed E-state index contributed by atoms with van der Waals surface area (Å²) in [4.78, 5) is 20.6. The van der Waals surface area contributed by atoms with Crippen LogP contribution in [-0.2, 0) is 9.84 Å². The van der Waals surface area contributed by atoms with Crippen molar-refractivity contribution >= 4 is 15.7 Å². The molecule has 0 bridgehead atoms. The molecule has 1 aromatic heterocycles. The van der Waals surface area contributed by atoms with Crippen molar-refractivity contribution in [2.24, 2.45) is 0 Å². The number of nitrogens with zero attached hydrogens (tertiary/aromatic N) is 3. The third-order valence-corrected chi connectivity index (χ3v) is 6.19. The highest BCUT2D eigenvalue weighted by Crippen LogP contribution is 2.28. The van der Waals surface area contributed by atoms with Gasteiger partial charge in [-0.3, -0.25) is 14.7 Å². The van der Waals surface area contributed by atoms with Gasteiger partial charge in [-0.2, -0.15) is 0 Å². The van der Waals surface area contributed by atoms with Crippen molar-refractivity contribution in [2.45, 2.75) is 25.4 Å². The highest BCUT2D eigenvalue weighted by atomic mass is 32.2. The molecule has 120 valence electrons. The summed E-state index contributed by atoms with van der Waals surface area (Å²) in [6.07, 6.45) is 4.16. The molecule has 22 heavy (non-hydrogen) atoms. The van der Waals surface area contributed by atoms with Crippen LogP contribution >= 0.6 is 0 Å². The second-order valence-electron chi connectivity index (χ2n) is 5.98. The molecule has 2 saturated heterocycles. The Morgan fingerprint density at radius 1 is 1.23 bits per heavy atom. The minimum absolute atomic E-state index is 0.0653. The number of amides is 1. The van der Waals surface area contributed by atoms with Crippen molar-refractivity contribution < 1.29 is 13.2 Å². The maximum absolute atomic E-state index is 12.7. The van der Waals surface area contributed by atoms with E-state index in [1.54, 1.807) is 29.4 Å². The first kappa shape index (κ1) is 15.4. The zero-order valence-electron chi connectivity index (χ0n) is 12.7. The summed E-state index contributed by atoms with van der Waals surface area (Å²) in [6.45, 7) is 4.29. The van der Waals surface area contributed by atoms with Crippen molar-refractivity contribution in [1.29, 1.82) is 0 Å². The van der Waals surface area contributed by atoms with Crippen LogP contribution in [0.15, 0.2) is 24.5 Å². The van der Waals surface area contributed by atoms with Gasteiger partial charge in [0.05, 0.1) is 17.5 Å². The van der Waals surface area contributed by atoms with Gasteiger partial charge in [0.2, 0.25) is 0 Å². The van der Waals surface area contributed by atoms with Crippen LogP contribution in [0.1, 0.15) is 23.7 Å². The molecule has 0 N–H and O–H groups in total. The van der Waals surface area contributed by atoms with E-state index < -0.39 is 9.84 Å². The minimum atomic E-state index is -3.08. The fraction of sp³-hybridized carbons (Fsp3) is 0.600. The first-order chi connectivity index (χ1) is 10.5. The monoisotopic (exact) mass is 323 g/mol.